The largest absolute Gasteiger partial charge is 0.477 e. The van der Waals surface area contributed by atoms with Gasteiger partial charge in [0.05, 0.1) is 19.3 Å². The Morgan fingerprint density at radius 2 is 2.27 bits per heavy atom. The lowest BCUT2D eigenvalue weighted by atomic mass is 10.2. The third-order valence-corrected chi connectivity index (χ3v) is 4.11. The van der Waals surface area contributed by atoms with Crippen molar-refractivity contribution in [1.82, 2.24) is 15.6 Å². The molecule has 1 fully saturated rings. The summed E-state index contributed by atoms with van der Waals surface area (Å²) in [6.07, 6.45) is 6.09. The highest BCUT2D eigenvalue weighted by Crippen LogP contribution is 2.14. The Balaban J connectivity index is 1.66. The Morgan fingerprint density at radius 1 is 1.35 bits per heavy atom. The molecule has 0 amide bonds. The van der Waals surface area contributed by atoms with Gasteiger partial charge in [0.1, 0.15) is 0 Å². The molecule has 0 aromatic carbocycles. The fourth-order valence-corrected chi connectivity index (χ4v) is 2.57. The molecule has 1 atom stereocenters. The summed E-state index contributed by atoms with van der Waals surface area (Å²) in [7, 11) is 1.77. The molecule has 1 aliphatic rings. The molecule has 146 valence electrons. The minimum absolute atomic E-state index is 0.268. The monoisotopic (exact) mass is 364 g/mol. The number of guanidine groups is 1. The minimum atomic E-state index is 0.268. The molecule has 0 bridgehead atoms. The van der Waals surface area contributed by atoms with Crippen molar-refractivity contribution in [2.24, 2.45) is 4.99 Å². The van der Waals surface area contributed by atoms with Gasteiger partial charge in [0.25, 0.3) is 0 Å². The molecular formula is C19H32N4O3. The summed E-state index contributed by atoms with van der Waals surface area (Å²) < 4.78 is 16.8. The lowest BCUT2D eigenvalue weighted by Crippen LogP contribution is -2.37. The van der Waals surface area contributed by atoms with Gasteiger partial charge in [-0.05, 0) is 25.3 Å². The van der Waals surface area contributed by atoms with Gasteiger partial charge in [-0.2, -0.15) is 0 Å². The molecule has 2 heterocycles. The molecule has 2 N–H and O–H groups in total. The van der Waals surface area contributed by atoms with E-state index < -0.39 is 0 Å². The molecule has 0 radical (unpaired) electrons. The molecule has 0 spiro atoms. The van der Waals surface area contributed by atoms with Crippen LogP contribution in [0.1, 0.15) is 38.2 Å². The van der Waals surface area contributed by atoms with E-state index in [1.807, 2.05) is 12.1 Å². The molecule has 1 aromatic rings. The average molecular weight is 364 g/mol. The van der Waals surface area contributed by atoms with Crippen LogP contribution in [0.4, 0.5) is 0 Å². The first-order valence-corrected chi connectivity index (χ1v) is 9.54. The van der Waals surface area contributed by atoms with Crippen LogP contribution in [0.15, 0.2) is 23.3 Å². The molecule has 1 aromatic heterocycles. The number of nitrogens with one attached hydrogen (secondary N) is 2. The summed E-state index contributed by atoms with van der Waals surface area (Å²) in [5.41, 5.74) is 1.02. The Morgan fingerprint density at radius 3 is 3.04 bits per heavy atom. The number of hydrogen-bond acceptors (Lipinski definition) is 5. The summed E-state index contributed by atoms with van der Waals surface area (Å²) in [4.78, 5) is 8.58. The van der Waals surface area contributed by atoms with Crippen LogP contribution in [0.25, 0.3) is 0 Å². The number of unbranched alkanes of at least 4 members (excludes halogenated alkanes) is 1. The van der Waals surface area contributed by atoms with Gasteiger partial charge in [-0.25, -0.2) is 4.98 Å². The van der Waals surface area contributed by atoms with Gasteiger partial charge < -0.3 is 24.8 Å². The Hall–Kier alpha value is -1.86. The topological polar surface area (TPSA) is 77.0 Å². The van der Waals surface area contributed by atoms with Gasteiger partial charge >= 0.3 is 0 Å². The molecule has 1 saturated heterocycles. The summed E-state index contributed by atoms with van der Waals surface area (Å²) >= 11 is 0. The van der Waals surface area contributed by atoms with Crippen LogP contribution in [0.5, 0.6) is 5.88 Å². The van der Waals surface area contributed by atoms with Gasteiger partial charge in [0, 0.05) is 45.1 Å². The maximum Gasteiger partial charge on any atom is 0.218 e. The van der Waals surface area contributed by atoms with Crippen LogP contribution in [-0.4, -0.2) is 57.1 Å². The first kappa shape index (κ1) is 20.5. The lowest BCUT2D eigenvalue weighted by molar-refractivity contribution is 0.0420. The minimum Gasteiger partial charge on any atom is -0.477 e. The fraction of sp³-hybridized carbons (Fsp3) is 0.684. The van der Waals surface area contributed by atoms with Crippen LogP contribution in [-0.2, 0) is 16.0 Å². The van der Waals surface area contributed by atoms with Crippen LogP contribution >= 0.6 is 0 Å². The molecular weight excluding hydrogens is 332 g/mol. The van der Waals surface area contributed by atoms with Crippen LogP contribution in [0.2, 0.25) is 0 Å². The van der Waals surface area contributed by atoms with E-state index in [0.717, 1.165) is 63.6 Å². The standard InChI is InChI=1S/C19H32N4O3/c1-3-4-11-26-18-16(7-5-9-21-18)14-23-19(20-2)22-10-6-12-25-17-8-13-24-15-17/h5,7,9,17H,3-4,6,8,10-15H2,1-2H3,(H2,20,22,23). The maximum absolute atomic E-state index is 5.77. The van der Waals surface area contributed by atoms with Gasteiger partial charge in [-0.15, -0.1) is 0 Å². The first-order valence-electron chi connectivity index (χ1n) is 9.54. The molecule has 1 aliphatic heterocycles. The van der Waals surface area contributed by atoms with E-state index in [1.54, 1.807) is 13.2 Å². The predicted molar refractivity (Wildman–Crippen MR) is 103 cm³/mol. The number of hydrogen-bond donors (Lipinski definition) is 2. The number of rotatable bonds is 11. The third-order valence-electron chi connectivity index (χ3n) is 4.11. The SMILES string of the molecule is CCCCOc1ncccc1CNC(=NC)NCCCOC1CCOC1. The van der Waals surface area contributed by atoms with E-state index >= 15 is 0 Å². The second-order valence-corrected chi connectivity index (χ2v) is 6.23. The van der Waals surface area contributed by atoms with E-state index in [-0.39, 0.29) is 6.10 Å². The highest BCUT2D eigenvalue weighted by molar-refractivity contribution is 5.79. The van der Waals surface area contributed by atoms with Crippen molar-refractivity contribution < 1.29 is 14.2 Å². The Bertz CT molecular complexity index is 533. The third kappa shape index (κ3) is 7.58. The van der Waals surface area contributed by atoms with Gasteiger partial charge in [-0.1, -0.05) is 19.4 Å². The molecule has 0 saturated carbocycles. The van der Waals surface area contributed by atoms with Gasteiger partial charge in [-0.3, -0.25) is 4.99 Å². The highest BCUT2D eigenvalue weighted by atomic mass is 16.5. The zero-order chi connectivity index (χ0) is 18.5. The van der Waals surface area contributed by atoms with Crippen molar-refractivity contribution in [3.63, 3.8) is 0 Å². The molecule has 1 unspecified atom stereocenters. The van der Waals surface area contributed by atoms with Crippen LogP contribution in [0.3, 0.4) is 0 Å². The van der Waals surface area contributed by atoms with E-state index in [4.69, 9.17) is 14.2 Å². The molecule has 2 rings (SSSR count). The first-order chi connectivity index (χ1) is 12.8. The number of nitrogens with zero attached hydrogens (tertiary/aromatic N) is 2. The Labute approximate surface area is 156 Å². The quantitative estimate of drug-likeness (QED) is 0.356. The molecule has 0 aliphatic carbocycles. The van der Waals surface area contributed by atoms with E-state index in [1.165, 1.54) is 0 Å². The normalized spacial score (nSPS) is 17.3. The fourth-order valence-electron chi connectivity index (χ4n) is 2.57. The summed E-state index contributed by atoms with van der Waals surface area (Å²) in [6.45, 7) is 6.54. The second kappa shape index (κ2) is 12.5. The zero-order valence-corrected chi connectivity index (χ0v) is 16.0. The number of pyridine rings is 1. The van der Waals surface area contributed by atoms with Crippen LogP contribution in [0, 0.1) is 0 Å². The van der Waals surface area contributed by atoms with Crippen molar-refractivity contribution in [2.75, 3.05) is 40.0 Å². The van der Waals surface area contributed by atoms with E-state index in [2.05, 4.69) is 27.5 Å². The second-order valence-electron chi connectivity index (χ2n) is 6.23. The molecule has 7 nitrogen and oxygen atoms in total. The zero-order valence-electron chi connectivity index (χ0n) is 16.0. The van der Waals surface area contributed by atoms with Crippen molar-refractivity contribution in [1.29, 1.82) is 0 Å². The summed E-state index contributed by atoms with van der Waals surface area (Å²) in [5, 5.41) is 6.61. The smallest absolute Gasteiger partial charge is 0.218 e. The number of aliphatic imine (C=N–C) groups is 1. The maximum atomic E-state index is 5.77. The number of ether oxygens (including phenoxy) is 3. The molecule has 26 heavy (non-hydrogen) atoms. The summed E-state index contributed by atoms with van der Waals surface area (Å²) in [5.74, 6) is 1.45. The van der Waals surface area contributed by atoms with Crippen molar-refractivity contribution >= 4 is 5.96 Å². The predicted octanol–water partition coefficient (Wildman–Crippen LogP) is 2.12. The van der Waals surface area contributed by atoms with Gasteiger partial charge in [0.15, 0.2) is 5.96 Å². The van der Waals surface area contributed by atoms with Crippen molar-refractivity contribution in [3.05, 3.63) is 23.9 Å². The van der Waals surface area contributed by atoms with Gasteiger partial charge in [0.2, 0.25) is 5.88 Å². The lowest BCUT2D eigenvalue weighted by Gasteiger charge is -2.14. The molecule has 7 heteroatoms. The van der Waals surface area contributed by atoms with E-state index in [0.29, 0.717) is 19.0 Å². The Kier molecular flexibility index (Phi) is 9.82. The number of aromatic nitrogens is 1. The van der Waals surface area contributed by atoms with E-state index in [9.17, 15) is 0 Å². The summed E-state index contributed by atoms with van der Waals surface area (Å²) in [6, 6.07) is 3.94. The average Bonchev–Trinajstić information content (AvgIpc) is 3.18. The highest BCUT2D eigenvalue weighted by Gasteiger charge is 2.15. The van der Waals surface area contributed by atoms with Crippen molar-refractivity contribution in [2.45, 2.75) is 45.3 Å². The van der Waals surface area contributed by atoms with Crippen LogP contribution < -0.4 is 15.4 Å². The van der Waals surface area contributed by atoms with Crippen molar-refractivity contribution in [3.8, 4) is 5.88 Å².